The second kappa shape index (κ2) is 9.51. The van der Waals surface area contributed by atoms with Gasteiger partial charge in [-0.2, -0.15) is 13.2 Å². The average Bonchev–Trinajstić information content (AvgIpc) is 3.05. The van der Waals surface area contributed by atoms with Gasteiger partial charge in [-0.25, -0.2) is 22.9 Å². The van der Waals surface area contributed by atoms with E-state index < -0.39 is 39.7 Å². The Balaban J connectivity index is 2.20. The Hall–Kier alpha value is -2.22. The van der Waals surface area contributed by atoms with Crippen LogP contribution in [0.2, 0.25) is 0 Å². The first kappa shape index (κ1) is 25.0. The van der Waals surface area contributed by atoms with Crippen LogP contribution in [-0.2, 0) is 26.2 Å². The maximum atomic E-state index is 12.8. The summed E-state index contributed by atoms with van der Waals surface area (Å²) in [6.07, 6.45) is 1.43. The van der Waals surface area contributed by atoms with Crippen molar-refractivity contribution in [3.05, 3.63) is 35.8 Å². The third kappa shape index (κ3) is 6.38. The van der Waals surface area contributed by atoms with Gasteiger partial charge in [-0.15, -0.1) is 0 Å². The molecule has 0 aliphatic heterocycles. The number of hydrogen-bond donors (Lipinski definition) is 3. The molecule has 2 heterocycles. The fourth-order valence-electron chi connectivity index (χ4n) is 2.76. The number of pyridine rings is 1. The van der Waals surface area contributed by atoms with Crippen molar-refractivity contribution < 1.29 is 36.2 Å². The first-order chi connectivity index (χ1) is 14.3. The summed E-state index contributed by atoms with van der Waals surface area (Å²) < 4.78 is 67.8. The van der Waals surface area contributed by atoms with Crippen LogP contribution in [0.5, 0.6) is 0 Å². The molecule has 13 heteroatoms. The normalized spacial score (nSPS) is 14.0. The van der Waals surface area contributed by atoms with E-state index >= 15 is 0 Å². The van der Waals surface area contributed by atoms with E-state index in [1.54, 1.807) is 43.4 Å². The molecule has 0 fully saturated rings. The summed E-state index contributed by atoms with van der Waals surface area (Å²) in [4.78, 5) is 17.0. The monoisotopic (exact) mass is 466 g/mol. The molecule has 174 valence electrons. The number of hydrogen-bond acceptors (Lipinski definition) is 7. The van der Waals surface area contributed by atoms with E-state index in [0.717, 1.165) is 0 Å². The lowest BCUT2D eigenvalue weighted by atomic mass is 10.1. The summed E-state index contributed by atoms with van der Waals surface area (Å²) >= 11 is 0. The standard InChI is InChI=1S/C18H25F3N4O5S/c1-17(2,3)30-16(27)15(22-8-5-9-24-31(28,29)18(19,20)21)13-6-4-7-14-23-10-12(11-26)25(13)14/h4,6-7,10,15,22,24,26H,5,8-9,11H2,1-3H3. The summed E-state index contributed by atoms with van der Waals surface area (Å²) in [6.45, 7) is 4.25. The van der Waals surface area contributed by atoms with Gasteiger partial charge in [-0.1, -0.05) is 6.07 Å². The van der Waals surface area contributed by atoms with Gasteiger partial charge in [0.2, 0.25) is 0 Å². The zero-order chi connectivity index (χ0) is 23.4. The van der Waals surface area contributed by atoms with Gasteiger partial charge in [0, 0.05) is 6.54 Å². The van der Waals surface area contributed by atoms with Gasteiger partial charge in [0.1, 0.15) is 17.3 Å². The SMILES string of the molecule is CC(C)(C)OC(=O)C(NCCCNS(=O)(=O)C(F)(F)F)c1cccc2ncc(CO)n12. The van der Waals surface area contributed by atoms with Crippen molar-refractivity contribution in [3.8, 4) is 0 Å². The molecule has 0 aliphatic carbocycles. The molecular weight excluding hydrogens is 441 g/mol. The van der Waals surface area contributed by atoms with Crippen LogP contribution >= 0.6 is 0 Å². The Morgan fingerprint density at radius 2 is 1.94 bits per heavy atom. The third-order valence-corrected chi connectivity index (χ3v) is 5.23. The number of aromatic nitrogens is 2. The van der Waals surface area contributed by atoms with Crippen molar-refractivity contribution in [1.82, 2.24) is 19.4 Å². The number of aliphatic hydroxyl groups excluding tert-OH is 1. The third-order valence-electron chi connectivity index (χ3n) is 4.03. The number of esters is 1. The van der Waals surface area contributed by atoms with Gasteiger partial charge in [0.15, 0.2) is 0 Å². The molecule has 0 radical (unpaired) electrons. The van der Waals surface area contributed by atoms with E-state index in [9.17, 15) is 31.5 Å². The predicted octanol–water partition coefficient (Wildman–Crippen LogP) is 1.63. The van der Waals surface area contributed by atoms with Crippen molar-refractivity contribution in [3.63, 3.8) is 0 Å². The number of alkyl halides is 3. The lowest BCUT2D eigenvalue weighted by molar-refractivity contribution is -0.157. The summed E-state index contributed by atoms with van der Waals surface area (Å²) in [5.41, 5.74) is -4.88. The van der Waals surface area contributed by atoms with E-state index in [1.807, 2.05) is 0 Å². The van der Waals surface area contributed by atoms with Crippen molar-refractivity contribution in [2.24, 2.45) is 0 Å². The molecule has 0 amide bonds. The van der Waals surface area contributed by atoms with Crippen molar-refractivity contribution in [2.75, 3.05) is 13.1 Å². The maximum Gasteiger partial charge on any atom is 0.511 e. The Morgan fingerprint density at radius 3 is 2.52 bits per heavy atom. The Labute approximate surface area is 177 Å². The lowest BCUT2D eigenvalue weighted by Crippen LogP contribution is -2.39. The lowest BCUT2D eigenvalue weighted by Gasteiger charge is -2.25. The molecule has 0 saturated carbocycles. The molecule has 2 rings (SSSR count). The minimum absolute atomic E-state index is 0.00380. The number of sulfonamides is 1. The number of nitrogens with one attached hydrogen (secondary N) is 2. The molecule has 1 unspecified atom stereocenters. The first-order valence-electron chi connectivity index (χ1n) is 9.35. The van der Waals surface area contributed by atoms with Crippen LogP contribution in [0.25, 0.3) is 5.65 Å². The molecule has 9 nitrogen and oxygen atoms in total. The minimum atomic E-state index is -5.43. The molecule has 0 saturated heterocycles. The number of carbonyl (C=O) groups is 1. The second-order valence-electron chi connectivity index (χ2n) is 7.67. The van der Waals surface area contributed by atoms with Crippen LogP contribution < -0.4 is 10.0 Å². The minimum Gasteiger partial charge on any atom is -0.459 e. The van der Waals surface area contributed by atoms with E-state index in [0.29, 0.717) is 17.0 Å². The molecule has 3 N–H and O–H groups in total. The van der Waals surface area contributed by atoms with E-state index in [1.165, 1.54) is 10.9 Å². The number of nitrogens with zero attached hydrogens (tertiary/aromatic N) is 2. The van der Waals surface area contributed by atoms with Gasteiger partial charge in [0.05, 0.1) is 24.2 Å². The van der Waals surface area contributed by atoms with Gasteiger partial charge < -0.3 is 9.84 Å². The molecule has 0 spiro atoms. The van der Waals surface area contributed by atoms with E-state index in [2.05, 4.69) is 10.3 Å². The predicted molar refractivity (Wildman–Crippen MR) is 105 cm³/mol. The van der Waals surface area contributed by atoms with Crippen LogP contribution in [0, 0.1) is 0 Å². The Bertz CT molecular complexity index is 1020. The summed E-state index contributed by atoms with van der Waals surface area (Å²) in [5.74, 6) is -0.645. The smallest absolute Gasteiger partial charge is 0.459 e. The topological polar surface area (TPSA) is 122 Å². The number of rotatable bonds is 9. The number of halogens is 3. The molecular formula is C18H25F3N4O5S. The molecule has 31 heavy (non-hydrogen) atoms. The highest BCUT2D eigenvalue weighted by Gasteiger charge is 2.45. The van der Waals surface area contributed by atoms with Gasteiger partial charge in [-0.3, -0.25) is 9.72 Å². The van der Waals surface area contributed by atoms with Crippen LogP contribution in [0.1, 0.15) is 44.6 Å². The number of ether oxygens (including phenoxy) is 1. The van der Waals surface area contributed by atoms with Crippen molar-refractivity contribution >= 4 is 21.6 Å². The molecule has 1 atom stereocenters. The van der Waals surface area contributed by atoms with Crippen LogP contribution in [0.3, 0.4) is 0 Å². The summed E-state index contributed by atoms with van der Waals surface area (Å²) in [7, 11) is -5.43. The van der Waals surface area contributed by atoms with Crippen LogP contribution in [0.15, 0.2) is 24.4 Å². The van der Waals surface area contributed by atoms with Crippen molar-refractivity contribution in [1.29, 1.82) is 0 Å². The maximum absolute atomic E-state index is 12.8. The summed E-state index contributed by atoms with van der Waals surface area (Å²) in [5, 5.41) is 12.5. The zero-order valence-electron chi connectivity index (χ0n) is 17.2. The second-order valence-corrected chi connectivity index (χ2v) is 9.43. The highest BCUT2D eigenvalue weighted by molar-refractivity contribution is 7.90. The van der Waals surface area contributed by atoms with E-state index in [4.69, 9.17) is 4.74 Å². The quantitative estimate of drug-likeness (QED) is 0.379. The van der Waals surface area contributed by atoms with E-state index in [-0.39, 0.29) is 19.6 Å². The molecule has 2 aromatic rings. The molecule has 0 bridgehead atoms. The van der Waals surface area contributed by atoms with Gasteiger partial charge in [-0.05, 0) is 45.9 Å². The van der Waals surface area contributed by atoms with Crippen LogP contribution in [-0.4, -0.2) is 53.1 Å². The zero-order valence-corrected chi connectivity index (χ0v) is 18.0. The highest BCUT2D eigenvalue weighted by Crippen LogP contribution is 2.23. The largest absolute Gasteiger partial charge is 0.511 e. The fraction of sp³-hybridized carbons (Fsp3) is 0.556. The van der Waals surface area contributed by atoms with Gasteiger partial charge >= 0.3 is 21.5 Å². The average molecular weight is 466 g/mol. The molecule has 0 aliphatic rings. The molecule has 0 aromatic carbocycles. The molecule has 2 aromatic heterocycles. The van der Waals surface area contributed by atoms with Crippen LogP contribution in [0.4, 0.5) is 13.2 Å². The number of aliphatic hydroxyl groups is 1. The Morgan fingerprint density at radius 1 is 1.26 bits per heavy atom. The first-order valence-corrected chi connectivity index (χ1v) is 10.8. The number of imidazole rings is 1. The van der Waals surface area contributed by atoms with Crippen molar-refractivity contribution in [2.45, 2.75) is 51.0 Å². The number of carbonyl (C=O) groups excluding carboxylic acids is 1. The Kier molecular flexibility index (Phi) is 7.68. The van der Waals surface area contributed by atoms with Gasteiger partial charge in [0.25, 0.3) is 0 Å². The summed E-state index contributed by atoms with van der Waals surface area (Å²) in [6, 6.07) is 3.93. The highest BCUT2D eigenvalue weighted by atomic mass is 32.2. The number of fused-ring (bicyclic) bond motifs is 1. The fourth-order valence-corrected chi connectivity index (χ4v) is 3.33.